The maximum Gasteiger partial charge on any atom is 0.230 e. The van der Waals surface area contributed by atoms with Gasteiger partial charge < -0.3 is 15.0 Å². The van der Waals surface area contributed by atoms with Gasteiger partial charge in [-0.25, -0.2) is 4.39 Å². The van der Waals surface area contributed by atoms with Crippen molar-refractivity contribution in [2.75, 3.05) is 32.1 Å². The summed E-state index contributed by atoms with van der Waals surface area (Å²) >= 11 is 1.40. The van der Waals surface area contributed by atoms with E-state index in [0.717, 1.165) is 43.3 Å². The molecule has 1 amide bonds. The number of hydrogen-bond donors (Lipinski definition) is 2. The van der Waals surface area contributed by atoms with Gasteiger partial charge in [0.1, 0.15) is 25.5 Å². The number of halogens is 1. The lowest BCUT2D eigenvalue weighted by molar-refractivity contribution is -0.921. The highest BCUT2D eigenvalue weighted by atomic mass is 32.2. The van der Waals surface area contributed by atoms with Crippen LogP contribution in [0.15, 0.2) is 53.4 Å². The monoisotopic (exact) mass is 375 g/mol. The molecule has 4 nitrogen and oxygen atoms in total. The molecule has 0 atom stereocenters. The number of thioether (sulfide) groups is 1. The zero-order valence-corrected chi connectivity index (χ0v) is 15.5. The van der Waals surface area contributed by atoms with Crippen LogP contribution in [0.3, 0.4) is 0 Å². The summed E-state index contributed by atoms with van der Waals surface area (Å²) in [6, 6.07) is 14.6. The van der Waals surface area contributed by atoms with Gasteiger partial charge in [-0.1, -0.05) is 24.3 Å². The molecule has 26 heavy (non-hydrogen) atoms. The molecule has 138 valence electrons. The van der Waals surface area contributed by atoms with Gasteiger partial charge in [0.15, 0.2) is 0 Å². The van der Waals surface area contributed by atoms with Gasteiger partial charge in [-0.3, -0.25) is 4.79 Å². The summed E-state index contributed by atoms with van der Waals surface area (Å²) in [5, 5.41) is 2.93. The van der Waals surface area contributed by atoms with Gasteiger partial charge in [0.25, 0.3) is 0 Å². The number of ether oxygens (including phenoxy) is 1. The van der Waals surface area contributed by atoms with Crippen molar-refractivity contribution < 1.29 is 18.8 Å². The predicted molar refractivity (Wildman–Crippen MR) is 101 cm³/mol. The van der Waals surface area contributed by atoms with Crippen LogP contribution in [0.25, 0.3) is 0 Å². The molecule has 1 aliphatic rings. The minimum absolute atomic E-state index is 0.0267. The first kappa shape index (κ1) is 18.9. The first-order valence-corrected chi connectivity index (χ1v) is 9.82. The van der Waals surface area contributed by atoms with Crippen LogP contribution in [-0.4, -0.2) is 38.0 Å². The van der Waals surface area contributed by atoms with E-state index in [1.807, 2.05) is 0 Å². The van der Waals surface area contributed by atoms with Gasteiger partial charge in [0.05, 0.1) is 19.0 Å². The van der Waals surface area contributed by atoms with E-state index < -0.39 is 0 Å². The number of amides is 1. The van der Waals surface area contributed by atoms with E-state index in [4.69, 9.17) is 4.74 Å². The standard InChI is InChI=1S/C20H23FN2O2S/c21-18-5-7-19(8-6-18)26-15-20(24)22-13-16-1-3-17(4-2-16)14-23-9-11-25-12-10-23/h1-8H,9-15H2,(H,22,24)/p+1. The molecule has 3 rings (SSSR count). The highest BCUT2D eigenvalue weighted by Gasteiger charge is 2.13. The minimum Gasteiger partial charge on any atom is -0.370 e. The Morgan fingerprint density at radius 2 is 1.69 bits per heavy atom. The van der Waals surface area contributed by atoms with Crippen molar-refractivity contribution in [3.63, 3.8) is 0 Å². The minimum atomic E-state index is -0.266. The van der Waals surface area contributed by atoms with Gasteiger partial charge in [-0.2, -0.15) is 0 Å². The summed E-state index contributed by atoms with van der Waals surface area (Å²) in [4.78, 5) is 14.4. The quantitative estimate of drug-likeness (QED) is 0.724. The molecule has 1 aliphatic heterocycles. The molecular weight excluding hydrogens is 351 g/mol. The number of carbonyl (C=O) groups is 1. The number of hydrogen-bond acceptors (Lipinski definition) is 3. The fourth-order valence-electron chi connectivity index (χ4n) is 2.83. The molecule has 0 saturated carbocycles. The van der Waals surface area contributed by atoms with Crippen molar-refractivity contribution >= 4 is 17.7 Å². The van der Waals surface area contributed by atoms with Crippen LogP contribution in [0, 0.1) is 5.82 Å². The molecule has 0 aliphatic carbocycles. The maximum atomic E-state index is 12.9. The molecule has 1 heterocycles. The molecule has 1 saturated heterocycles. The Hall–Kier alpha value is -1.89. The molecule has 2 aromatic rings. The Kier molecular flexibility index (Phi) is 7.05. The number of morpholine rings is 1. The normalized spacial score (nSPS) is 15.0. The second kappa shape index (κ2) is 9.71. The van der Waals surface area contributed by atoms with Crippen LogP contribution in [0.4, 0.5) is 4.39 Å². The summed E-state index contributed by atoms with van der Waals surface area (Å²) in [6.07, 6.45) is 0. The second-order valence-corrected chi connectivity index (χ2v) is 7.42. The predicted octanol–water partition coefficient (Wildman–Crippen LogP) is 1.65. The van der Waals surface area contributed by atoms with Gasteiger partial charge in [0, 0.05) is 17.0 Å². The molecule has 0 radical (unpaired) electrons. The average molecular weight is 375 g/mol. The molecule has 2 N–H and O–H groups in total. The second-order valence-electron chi connectivity index (χ2n) is 6.37. The number of quaternary nitrogens is 1. The third kappa shape index (κ3) is 6.12. The lowest BCUT2D eigenvalue weighted by Crippen LogP contribution is -3.12. The summed E-state index contributed by atoms with van der Waals surface area (Å²) in [7, 11) is 0. The number of carbonyl (C=O) groups excluding carboxylic acids is 1. The Morgan fingerprint density at radius 1 is 1.04 bits per heavy atom. The van der Waals surface area contributed by atoms with E-state index >= 15 is 0 Å². The van der Waals surface area contributed by atoms with Gasteiger partial charge in [0.2, 0.25) is 5.91 Å². The van der Waals surface area contributed by atoms with E-state index in [1.165, 1.54) is 29.5 Å². The highest BCUT2D eigenvalue weighted by molar-refractivity contribution is 8.00. The summed E-state index contributed by atoms with van der Waals surface area (Å²) in [5.41, 5.74) is 2.40. The summed E-state index contributed by atoms with van der Waals surface area (Å²) < 4.78 is 18.2. The lowest BCUT2D eigenvalue weighted by atomic mass is 10.1. The van der Waals surface area contributed by atoms with Crippen LogP contribution < -0.4 is 10.2 Å². The van der Waals surface area contributed by atoms with Crippen LogP contribution in [-0.2, 0) is 22.6 Å². The van der Waals surface area contributed by atoms with Crippen molar-refractivity contribution in [3.8, 4) is 0 Å². The number of nitrogens with one attached hydrogen (secondary N) is 2. The van der Waals surface area contributed by atoms with Crippen LogP contribution in [0.5, 0.6) is 0 Å². The van der Waals surface area contributed by atoms with Crippen molar-refractivity contribution in [3.05, 3.63) is 65.5 Å². The van der Waals surface area contributed by atoms with Gasteiger partial charge in [-0.05, 0) is 29.8 Å². The van der Waals surface area contributed by atoms with E-state index in [1.54, 1.807) is 17.0 Å². The average Bonchev–Trinajstić information content (AvgIpc) is 2.68. The van der Waals surface area contributed by atoms with Crippen LogP contribution in [0.1, 0.15) is 11.1 Å². The molecule has 2 aromatic carbocycles. The fraction of sp³-hybridized carbons (Fsp3) is 0.350. The first-order chi connectivity index (χ1) is 12.7. The Labute approximate surface area is 157 Å². The molecule has 1 fully saturated rings. The zero-order chi connectivity index (χ0) is 18.2. The Balaban J connectivity index is 1.39. The molecule has 0 spiro atoms. The van der Waals surface area contributed by atoms with Crippen molar-refractivity contribution in [2.45, 2.75) is 18.0 Å². The van der Waals surface area contributed by atoms with E-state index in [-0.39, 0.29) is 11.7 Å². The third-order valence-corrected chi connectivity index (χ3v) is 5.36. The smallest absolute Gasteiger partial charge is 0.230 e. The van der Waals surface area contributed by atoms with Crippen LogP contribution in [0.2, 0.25) is 0 Å². The molecular formula is C20H24FN2O2S+. The lowest BCUT2D eigenvalue weighted by Gasteiger charge is -2.23. The number of rotatable bonds is 7. The topological polar surface area (TPSA) is 42.8 Å². The van der Waals surface area contributed by atoms with E-state index in [9.17, 15) is 9.18 Å². The molecule has 6 heteroatoms. The van der Waals surface area contributed by atoms with Crippen LogP contribution >= 0.6 is 11.8 Å². The van der Waals surface area contributed by atoms with Gasteiger partial charge >= 0.3 is 0 Å². The SMILES string of the molecule is O=C(CSc1ccc(F)cc1)NCc1ccc(C[NH+]2CCOCC2)cc1. The van der Waals surface area contributed by atoms with Crippen molar-refractivity contribution in [1.29, 1.82) is 0 Å². The van der Waals surface area contributed by atoms with E-state index in [0.29, 0.717) is 12.3 Å². The fourth-order valence-corrected chi connectivity index (χ4v) is 3.56. The first-order valence-electron chi connectivity index (χ1n) is 8.83. The summed E-state index contributed by atoms with van der Waals surface area (Å²) in [6.45, 7) is 5.34. The van der Waals surface area contributed by atoms with E-state index in [2.05, 4.69) is 29.6 Å². The molecule has 0 unspecified atom stereocenters. The molecule has 0 bridgehead atoms. The van der Waals surface area contributed by atoms with Crippen molar-refractivity contribution in [2.24, 2.45) is 0 Å². The Morgan fingerprint density at radius 3 is 2.38 bits per heavy atom. The largest absolute Gasteiger partial charge is 0.370 e. The number of benzene rings is 2. The maximum absolute atomic E-state index is 12.9. The third-order valence-electron chi connectivity index (χ3n) is 4.35. The molecule has 0 aromatic heterocycles. The Bertz CT molecular complexity index is 701. The van der Waals surface area contributed by atoms with Gasteiger partial charge in [-0.15, -0.1) is 11.8 Å². The van der Waals surface area contributed by atoms with Crippen molar-refractivity contribution in [1.82, 2.24) is 5.32 Å². The summed E-state index contributed by atoms with van der Waals surface area (Å²) in [5.74, 6) is 0.0306. The zero-order valence-electron chi connectivity index (χ0n) is 14.7. The highest BCUT2D eigenvalue weighted by Crippen LogP contribution is 2.17.